The number of aliphatic hydroxyl groups is 3. The second-order valence-corrected chi connectivity index (χ2v) is 19.1. The summed E-state index contributed by atoms with van der Waals surface area (Å²) in [6.45, 7) is 14.6. The monoisotopic (exact) mass is 1030 g/mol. The molecule has 6 N–H and O–H groups in total. The lowest BCUT2D eigenvalue weighted by atomic mass is 9.86. The predicted octanol–water partition coefficient (Wildman–Crippen LogP) is 8.37. The minimum absolute atomic E-state index is 0.132. The standard InChI is InChI=1S/C23H26BrN3O2.C13H17N3O4.C9H16Br2O/c1-4-20-15(2)16(3)23(13-24,29-20)27-14-25-21-18(11-8-12-19(21)27)26-22(28)17-9-6-5-7-10-17;1-13(12(19)11(18)9(5-17)20-13)16-6-15-10-7(14)3-2-4-8(10)16;1-4-8-6(2)7(3)9(11,5-10)12-8/h5-12,14-16,20H,4,13H2,1-3H3,(H,26,28);2-4,6,9,11-12,17-19H,5,14H2,1H3;6-8H,4-5H2,1-3H3/t15-,16+,20-,23?;9-,11+,12+,13?;6-,7+,8-,9?/m111/s1. The van der Waals surface area contributed by atoms with Crippen LogP contribution in [0.5, 0.6) is 0 Å². The molecular formula is C45H59Br3N6O7. The number of aliphatic hydroxyl groups excluding tert-OH is 3. The van der Waals surface area contributed by atoms with E-state index in [-0.39, 0.29) is 23.1 Å². The molecule has 5 heterocycles. The fourth-order valence-corrected chi connectivity index (χ4v) is 11.1. The summed E-state index contributed by atoms with van der Waals surface area (Å²) in [4.78, 5) is 21.5. The molecule has 5 aromatic rings. The van der Waals surface area contributed by atoms with E-state index in [0.717, 1.165) is 29.2 Å². The van der Waals surface area contributed by atoms with E-state index in [1.165, 1.54) is 6.33 Å². The number of nitrogens with zero attached hydrogens (tertiary/aromatic N) is 4. The number of nitrogens with two attached hydrogens (primary N) is 1. The largest absolute Gasteiger partial charge is 0.397 e. The summed E-state index contributed by atoms with van der Waals surface area (Å²) in [6.07, 6.45) is 2.87. The van der Waals surface area contributed by atoms with Crippen LogP contribution in [0.15, 0.2) is 79.4 Å². The van der Waals surface area contributed by atoms with E-state index in [2.05, 4.69) is 109 Å². The number of carbonyl (C=O) groups excluding carboxylic acids is 1. The molecule has 0 bridgehead atoms. The number of rotatable bonds is 9. The van der Waals surface area contributed by atoms with Crippen LogP contribution in [0.25, 0.3) is 22.1 Å². The number of alkyl halides is 3. The Bertz CT molecular complexity index is 2260. The molecule has 0 aliphatic carbocycles. The molecule has 61 heavy (non-hydrogen) atoms. The zero-order valence-electron chi connectivity index (χ0n) is 35.7. The van der Waals surface area contributed by atoms with Crippen molar-refractivity contribution < 1.29 is 34.3 Å². The van der Waals surface area contributed by atoms with Gasteiger partial charge in [0.05, 0.1) is 59.2 Å². The van der Waals surface area contributed by atoms with E-state index in [4.69, 9.17) is 19.9 Å². The van der Waals surface area contributed by atoms with Crippen molar-refractivity contribution in [2.75, 3.05) is 28.3 Å². The predicted molar refractivity (Wildman–Crippen MR) is 250 cm³/mol. The van der Waals surface area contributed by atoms with Crippen molar-refractivity contribution >= 4 is 87.1 Å². The van der Waals surface area contributed by atoms with Crippen LogP contribution in [0.4, 0.5) is 11.4 Å². The lowest BCUT2D eigenvalue weighted by Crippen LogP contribution is -2.42. The summed E-state index contributed by atoms with van der Waals surface area (Å²) in [5, 5.41) is 33.9. The van der Waals surface area contributed by atoms with Gasteiger partial charge in [-0.05, 0) is 68.0 Å². The van der Waals surface area contributed by atoms with Gasteiger partial charge in [-0.1, -0.05) is 120 Å². The number of anilines is 2. The van der Waals surface area contributed by atoms with E-state index < -0.39 is 29.8 Å². The maximum atomic E-state index is 12.6. The normalized spacial score (nSPS) is 33.3. The highest BCUT2D eigenvalue weighted by molar-refractivity contribution is 9.12. The summed E-state index contributed by atoms with van der Waals surface area (Å²) >= 11 is 10.9. The molecule has 3 fully saturated rings. The van der Waals surface area contributed by atoms with Gasteiger partial charge >= 0.3 is 0 Å². The Morgan fingerprint density at radius 3 is 1.93 bits per heavy atom. The Balaban J connectivity index is 0.000000168. The van der Waals surface area contributed by atoms with Crippen LogP contribution in [0.3, 0.4) is 0 Å². The average molecular weight is 1040 g/mol. The van der Waals surface area contributed by atoms with Gasteiger partial charge in [0, 0.05) is 22.7 Å². The Kier molecular flexibility index (Phi) is 15.2. The van der Waals surface area contributed by atoms with Crippen molar-refractivity contribution in [3.63, 3.8) is 0 Å². The number of nitrogen functional groups attached to an aromatic ring is 1. The highest BCUT2D eigenvalue weighted by Gasteiger charge is 2.53. The van der Waals surface area contributed by atoms with Crippen LogP contribution in [0.2, 0.25) is 0 Å². The number of carbonyl (C=O) groups is 1. The van der Waals surface area contributed by atoms with Gasteiger partial charge < -0.3 is 40.6 Å². The van der Waals surface area contributed by atoms with Crippen molar-refractivity contribution in [2.45, 2.75) is 108 Å². The third-order valence-electron chi connectivity index (χ3n) is 13.2. The number of para-hydroxylation sites is 2. The molecule has 3 aliphatic heterocycles. The van der Waals surface area contributed by atoms with Gasteiger partial charge in [0.1, 0.15) is 33.9 Å². The van der Waals surface area contributed by atoms with Gasteiger partial charge in [-0.15, -0.1) is 0 Å². The molecule has 0 saturated carbocycles. The van der Waals surface area contributed by atoms with Crippen LogP contribution < -0.4 is 11.1 Å². The zero-order chi connectivity index (χ0) is 44.4. The maximum Gasteiger partial charge on any atom is 0.255 e. The number of halogens is 3. The van der Waals surface area contributed by atoms with Crippen molar-refractivity contribution in [1.82, 2.24) is 19.1 Å². The maximum absolute atomic E-state index is 12.6. The molecule has 13 nitrogen and oxygen atoms in total. The van der Waals surface area contributed by atoms with Crippen molar-refractivity contribution in [3.8, 4) is 0 Å². The summed E-state index contributed by atoms with van der Waals surface area (Å²) in [7, 11) is 0. The first-order chi connectivity index (χ1) is 29.0. The second kappa shape index (κ2) is 19.4. The van der Waals surface area contributed by atoms with Crippen LogP contribution in [-0.4, -0.2) is 92.6 Å². The molecule has 3 unspecified atom stereocenters. The summed E-state index contributed by atoms with van der Waals surface area (Å²) in [6, 6.07) is 20.4. The first kappa shape index (κ1) is 47.5. The van der Waals surface area contributed by atoms with Gasteiger partial charge in [0.25, 0.3) is 5.91 Å². The number of nitrogens with one attached hydrogen (secondary N) is 1. The Hall–Kier alpha value is -2.93. The molecule has 3 aromatic carbocycles. The second-order valence-electron chi connectivity index (χ2n) is 16.6. The summed E-state index contributed by atoms with van der Waals surface area (Å²) in [5.74, 6) is 1.82. The van der Waals surface area contributed by atoms with E-state index in [0.29, 0.717) is 63.1 Å². The van der Waals surface area contributed by atoms with Gasteiger partial charge in [-0.3, -0.25) is 13.9 Å². The van der Waals surface area contributed by atoms with Gasteiger partial charge in [-0.25, -0.2) is 9.97 Å². The third kappa shape index (κ3) is 8.82. The first-order valence-electron chi connectivity index (χ1n) is 20.9. The fourth-order valence-electron chi connectivity index (χ4n) is 8.90. The van der Waals surface area contributed by atoms with Crippen LogP contribution >= 0.6 is 47.8 Å². The lowest BCUT2D eigenvalue weighted by Gasteiger charge is -2.34. The topological polar surface area (TPSA) is 179 Å². The smallest absolute Gasteiger partial charge is 0.255 e. The first-order valence-corrected chi connectivity index (χ1v) is 23.9. The van der Waals surface area contributed by atoms with E-state index >= 15 is 0 Å². The number of amides is 1. The molecular weight excluding hydrogens is 976 g/mol. The van der Waals surface area contributed by atoms with E-state index in [9.17, 15) is 20.1 Å². The Morgan fingerprint density at radius 2 is 1.38 bits per heavy atom. The third-order valence-corrected chi connectivity index (χ3v) is 16.8. The molecule has 0 spiro atoms. The minimum Gasteiger partial charge on any atom is -0.397 e. The summed E-state index contributed by atoms with van der Waals surface area (Å²) < 4.78 is 21.8. The lowest BCUT2D eigenvalue weighted by molar-refractivity contribution is -0.132. The number of fused-ring (bicyclic) bond motifs is 2. The fraction of sp³-hybridized carbons (Fsp3) is 0.533. The quantitative estimate of drug-likeness (QED) is 0.0712. The molecule has 3 aliphatic rings. The molecule has 1 amide bonds. The Morgan fingerprint density at radius 1 is 0.787 bits per heavy atom. The van der Waals surface area contributed by atoms with Crippen molar-refractivity contribution in [1.29, 1.82) is 0 Å². The van der Waals surface area contributed by atoms with Crippen molar-refractivity contribution in [3.05, 3.63) is 84.9 Å². The highest BCUT2D eigenvalue weighted by atomic mass is 79.9. The minimum atomic E-state index is -1.21. The highest BCUT2D eigenvalue weighted by Crippen LogP contribution is 2.48. The van der Waals surface area contributed by atoms with Crippen LogP contribution in [0.1, 0.15) is 71.7 Å². The number of aromatic nitrogens is 4. The number of benzene rings is 3. The molecule has 3 saturated heterocycles. The van der Waals surface area contributed by atoms with Crippen LogP contribution in [-0.2, 0) is 25.7 Å². The van der Waals surface area contributed by atoms with Crippen LogP contribution in [0, 0.1) is 23.7 Å². The SMILES string of the molecule is CC1(n2cnc3c(N)cccc32)O[C@H](CO)[C@H](O)[C@@H]1O.CC[C@H]1OC(Br)(CBr)[C@@H](C)[C@H]1C.CC[C@H]1OC(CBr)(n2cnc3c(NC(=O)c4ccccc4)cccc32)[C@@H](C)[C@H]1C. The van der Waals surface area contributed by atoms with Gasteiger partial charge in [-0.2, -0.15) is 0 Å². The molecule has 2 aromatic heterocycles. The summed E-state index contributed by atoms with van der Waals surface area (Å²) in [5.41, 5.74) is 8.99. The van der Waals surface area contributed by atoms with Crippen molar-refractivity contribution in [2.24, 2.45) is 23.7 Å². The molecule has 12 atom stereocenters. The van der Waals surface area contributed by atoms with E-state index in [1.54, 1.807) is 41.8 Å². The molecule has 16 heteroatoms. The average Bonchev–Trinajstić information content (AvgIpc) is 4.07. The van der Waals surface area contributed by atoms with Gasteiger partial charge in [0.15, 0.2) is 11.4 Å². The van der Waals surface area contributed by atoms with E-state index in [1.807, 2.05) is 42.7 Å². The number of hydrogen-bond donors (Lipinski definition) is 5. The number of hydrogen-bond acceptors (Lipinski definition) is 10. The molecule has 0 radical (unpaired) electrons. The zero-order valence-corrected chi connectivity index (χ0v) is 40.5. The number of ether oxygens (including phenoxy) is 3. The number of imidazole rings is 2. The molecule has 332 valence electrons. The van der Waals surface area contributed by atoms with Gasteiger partial charge in [0.2, 0.25) is 0 Å². The Labute approximate surface area is 383 Å². The molecule has 8 rings (SSSR count).